The Morgan fingerprint density at radius 2 is 1.95 bits per heavy atom. The van der Waals surface area contributed by atoms with Gasteiger partial charge in [0.15, 0.2) is 0 Å². The molecular weight excluding hydrogens is 250 g/mol. The molecule has 1 fully saturated rings. The third-order valence-electron chi connectivity index (χ3n) is 3.92. The Morgan fingerprint density at radius 1 is 1.30 bits per heavy atom. The van der Waals surface area contributed by atoms with E-state index in [-0.39, 0.29) is 17.4 Å². The van der Waals surface area contributed by atoms with E-state index in [2.05, 4.69) is 43.0 Å². The van der Waals surface area contributed by atoms with E-state index in [0.29, 0.717) is 5.69 Å². The highest BCUT2D eigenvalue weighted by Gasteiger charge is 2.20. The zero-order valence-electron chi connectivity index (χ0n) is 12.9. The SMILES string of the molecule is CN1CCC(NC(=O)c2ccc(C(C)(C)C)cn2)CC1. The summed E-state index contributed by atoms with van der Waals surface area (Å²) in [6.07, 6.45) is 3.84. The van der Waals surface area contributed by atoms with E-state index in [4.69, 9.17) is 0 Å². The van der Waals surface area contributed by atoms with Crippen LogP contribution in [0.3, 0.4) is 0 Å². The summed E-state index contributed by atoms with van der Waals surface area (Å²) in [5.41, 5.74) is 1.72. The Bertz CT molecular complexity index is 454. The third kappa shape index (κ3) is 3.79. The first kappa shape index (κ1) is 15.0. The molecule has 1 aliphatic heterocycles. The molecule has 0 aromatic carbocycles. The zero-order valence-corrected chi connectivity index (χ0v) is 12.9. The summed E-state index contributed by atoms with van der Waals surface area (Å²) in [4.78, 5) is 18.8. The predicted octanol–water partition coefficient (Wildman–Crippen LogP) is 2.20. The number of carbonyl (C=O) groups is 1. The second-order valence-corrected chi connectivity index (χ2v) is 6.73. The molecular formula is C16H25N3O. The average Bonchev–Trinajstić information content (AvgIpc) is 2.40. The van der Waals surface area contributed by atoms with Gasteiger partial charge in [0.2, 0.25) is 0 Å². The van der Waals surface area contributed by atoms with Gasteiger partial charge in [-0.3, -0.25) is 9.78 Å². The van der Waals surface area contributed by atoms with E-state index in [9.17, 15) is 4.79 Å². The molecule has 0 atom stereocenters. The van der Waals surface area contributed by atoms with Crippen molar-refractivity contribution in [2.45, 2.75) is 45.1 Å². The van der Waals surface area contributed by atoms with Crippen LogP contribution < -0.4 is 5.32 Å². The van der Waals surface area contributed by atoms with Crippen molar-refractivity contribution in [3.05, 3.63) is 29.6 Å². The summed E-state index contributed by atoms with van der Waals surface area (Å²) >= 11 is 0. The van der Waals surface area contributed by atoms with Crippen molar-refractivity contribution in [2.24, 2.45) is 0 Å². The lowest BCUT2D eigenvalue weighted by Crippen LogP contribution is -2.43. The molecule has 1 aromatic heterocycles. The molecule has 0 saturated carbocycles. The molecule has 0 radical (unpaired) electrons. The highest BCUT2D eigenvalue weighted by Crippen LogP contribution is 2.21. The van der Waals surface area contributed by atoms with Gasteiger partial charge < -0.3 is 10.2 Å². The summed E-state index contributed by atoms with van der Waals surface area (Å²) < 4.78 is 0. The van der Waals surface area contributed by atoms with Crippen LogP contribution in [-0.2, 0) is 5.41 Å². The van der Waals surface area contributed by atoms with Crippen molar-refractivity contribution >= 4 is 5.91 Å². The van der Waals surface area contributed by atoms with E-state index in [1.54, 1.807) is 0 Å². The van der Waals surface area contributed by atoms with Crippen LogP contribution in [0.2, 0.25) is 0 Å². The minimum atomic E-state index is -0.0555. The van der Waals surface area contributed by atoms with Gasteiger partial charge in [0.25, 0.3) is 5.91 Å². The lowest BCUT2D eigenvalue weighted by atomic mass is 9.88. The number of amides is 1. The van der Waals surface area contributed by atoms with Gasteiger partial charge >= 0.3 is 0 Å². The molecule has 1 saturated heterocycles. The predicted molar refractivity (Wildman–Crippen MR) is 80.9 cm³/mol. The molecule has 0 spiro atoms. The molecule has 1 aromatic rings. The Morgan fingerprint density at radius 3 is 2.45 bits per heavy atom. The lowest BCUT2D eigenvalue weighted by Gasteiger charge is -2.29. The molecule has 0 aliphatic carbocycles. The molecule has 4 nitrogen and oxygen atoms in total. The van der Waals surface area contributed by atoms with Crippen LogP contribution in [0.4, 0.5) is 0 Å². The average molecular weight is 275 g/mol. The van der Waals surface area contributed by atoms with Crippen LogP contribution in [-0.4, -0.2) is 42.0 Å². The van der Waals surface area contributed by atoms with Gasteiger partial charge in [-0.15, -0.1) is 0 Å². The van der Waals surface area contributed by atoms with Gasteiger partial charge in [0.05, 0.1) is 0 Å². The normalized spacial score (nSPS) is 18.0. The molecule has 0 bridgehead atoms. The first-order chi connectivity index (χ1) is 9.36. The number of rotatable bonds is 2. The molecule has 2 heterocycles. The van der Waals surface area contributed by atoms with Crippen LogP contribution in [0.25, 0.3) is 0 Å². The summed E-state index contributed by atoms with van der Waals surface area (Å²) in [6.45, 7) is 8.51. The number of nitrogens with one attached hydrogen (secondary N) is 1. The minimum absolute atomic E-state index is 0.0555. The lowest BCUT2D eigenvalue weighted by molar-refractivity contribution is 0.0911. The van der Waals surface area contributed by atoms with Gasteiger partial charge in [-0.2, -0.15) is 0 Å². The first-order valence-corrected chi connectivity index (χ1v) is 7.32. The van der Waals surface area contributed by atoms with Crippen LogP contribution in [0.5, 0.6) is 0 Å². The van der Waals surface area contributed by atoms with E-state index >= 15 is 0 Å². The minimum Gasteiger partial charge on any atom is -0.348 e. The van der Waals surface area contributed by atoms with E-state index in [0.717, 1.165) is 31.5 Å². The Kier molecular flexibility index (Phi) is 4.43. The maximum absolute atomic E-state index is 12.2. The standard InChI is InChI=1S/C16H25N3O/c1-16(2,3)12-5-6-14(17-11-12)15(20)18-13-7-9-19(4)10-8-13/h5-6,11,13H,7-10H2,1-4H3,(H,18,20). The molecule has 1 aliphatic rings. The third-order valence-corrected chi connectivity index (χ3v) is 3.92. The topological polar surface area (TPSA) is 45.2 Å². The molecule has 0 unspecified atom stereocenters. The fourth-order valence-electron chi connectivity index (χ4n) is 2.38. The van der Waals surface area contributed by atoms with Crippen LogP contribution >= 0.6 is 0 Å². The van der Waals surface area contributed by atoms with Crippen molar-refractivity contribution in [2.75, 3.05) is 20.1 Å². The fourth-order valence-corrected chi connectivity index (χ4v) is 2.38. The molecule has 1 amide bonds. The van der Waals surface area contributed by atoms with Crippen molar-refractivity contribution in [1.82, 2.24) is 15.2 Å². The number of hydrogen-bond acceptors (Lipinski definition) is 3. The van der Waals surface area contributed by atoms with Crippen LogP contribution in [0.1, 0.15) is 49.7 Å². The smallest absolute Gasteiger partial charge is 0.270 e. The van der Waals surface area contributed by atoms with Gasteiger partial charge in [-0.1, -0.05) is 26.8 Å². The van der Waals surface area contributed by atoms with Gasteiger partial charge in [0, 0.05) is 12.2 Å². The highest BCUT2D eigenvalue weighted by atomic mass is 16.1. The molecule has 1 N–H and O–H groups in total. The Hall–Kier alpha value is -1.42. The number of hydrogen-bond donors (Lipinski definition) is 1. The Balaban J connectivity index is 1.96. The second kappa shape index (κ2) is 5.92. The summed E-state index contributed by atoms with van der Waals surface area (Å²) in [5.74, 6) is -0.0555. The molecule has 2 rings (SSSR count). The van der Waals surface area contributed by atoms with Gasteiger partial charge in [-0.05, 0) is 50.0 Å². The largest absolute Gasteiger partial charge is 0.348 e. The second-order valence-electron chi connectivity index (χ2n) is 6.73. The molecule has 110 valence electrons. The number of carbonyl (C=O) groups excluding carboxylic acids is 1. The zero-order chi connectivity index (χ0) is 14.8. The van der Waals surface area contributed by atoms with E-state index in [1.807, 2.05) is 18.3 Å². The van der Waals surface area contributed by atoms with Crippen molar-refractivity contribution in [3.63, 3.8) is 0 Å². The van der Waals surface area contributed by atoms with Gasteiger partial charge in [-0.25, -0.2) is 0 Å². The number of nitrogens with zero attached hydrogens (tertiary/aromatic N) is 2. The van der Waals surface area contributed by atoms with Crippen LogP contribution in [0.15, 0.2) is 18.3 Å². The Labute approximate surface area is 121 Å². The van der Waals surface area contributed by atoms with Crippen molar-refractivity contribution in [1.29, 1.82) is 0 Å². The van der Waals surface area contributed by atoms with Crippen LogP contribution in [0, 0.1) is 0 Å². The number of piperidine rings is 1. The fraction of sp³-hybridized carbons (Fsp3) is 0.625. The van der Waals surface area contributed by atoms with E-state index < -0.39 is 0 Å². The van der Waals surface area contributed by atoms with Crippen molar-refractivity contribution < 1.29 is 4.79 Å². The number of pyridine rings is 1. The molecule has 20 heavy (non-hydrogen) atoms. The monoisotopic (exact) mass is 275 g/mol. The first-order valence-electron chi connectivity index (χ1n) is 7.32. The quantitative estimate of drug-likeness (QED) is 0.900. The maximum atomic E-state index is 12.2. The molecule has 4 heteroatoms. The van der Waals surface area contributed by atoms with Crippen molar-refractivity contribution in [3.8, 4) is 0 Å². The highest BCUT2D eigenvalue weighted by molar-refractivity contribution is 5.92. The summed E-state index contributed by atoms with van der Waals surface area (Å²) in [6, 6.07) is 4.10. The van der Waals surface area contributed by atoms with E-state index in [1.165, 1.54) is 0 Å². The number of likely N-dealkylation sites (tertiary alicyclic amines) is 1. The van der Waals surface area contributed by atoms with Gasteiger partial charge in [0.1, 0.15) is 5.69 Å². The number of aromatic nitrogens is 1. The maximum Gasteiger partial charge on any atom is 0.270 e. The summed E-state index contributed by atoms with van der Waals surface area (Å²) in [5, 5.41) is 3.09. The summed E-state index contributed by atoms with van der Waals surface area (Å²) in [7, 11) is 2.12.